The van der Waals surface area contributed by atoms with E-state index in [1.165, 1.54) is 6.39 Å². The minimum absolute atomic E-state index is 0.0762. The molecule has 2 unspecified atom stereocenters. The monoisotopic (exact) mass is 422 g/mol. The van der Waals surface area contributed by atoms with Crippen LogP contribution in [-0.2, 0) is 16.1 Å². The van der Waals surface area contributed by atoms with Gasteiger partial charge in [-0.25, -0.2) is 4.98 Å². The van der Waals surface area contributed by atoms with Crippen molar-refractivity contribution in [3.05, 3.63) is 59.9 Å². The van der Waals surface area contributed by atoms with Crippen molar-refractivity contribution >= 4 is 11.8 Å². The van der Waals surface area contributed by atoms with Crippen molar-refractivity contribution < 1.29 is 18.5 Å². The zero-order valence-corrected chi connectivity index (χ0v) is 17.7. The second-order valence-corrected chi connectivity index (χ2v) is 7.80. The first-order valence-corrected chi connectivity index (χ1v) is 10.6. The maximum Gasteiger partial charge on any atom is 0.243 e. The number of rotatable bonds is 7. The molecule has 0 spiro atoms. The Balaban J connectivity index is 1.38. The van der Waals surface area contributed by atoms with Crippen molar-refractivity contribution in [3.63, 3.8) is 0 Å². The number of oxazole rings is 1. The summed E-state index contributed by atoms with van der Waals surface area (Å²) in [4.78, 5) is 31.7. The molecule has 1 saturated heterocycles. The lowest BCUT2D eigenvalue weighted by Gasteiger charge is -2.27. The van der Waals surface area contributed by atoms with E-state index in [1.807, 2.05) is 38.1 Å². The van der Waals surface area contributed by atoms with Crippen LogP contribution in [-0.4, -0.2) is 39.4 Å². The van der Waals surface area contributed by atoms with E-state index >= 15 is 0 Å². The van der Waals surface area contributed by atoms with Gasteiger partial charge in [-0.15, -0.1) is 0 Å². The van der Waals surface area contributed by atoms with Gasteiger partial charge >= 0.3 is 0 Å². The molecule has 1 aromatic carbocycles. The number of hydrogen-bond acceptors (Lipinski definition) is 6. The maximum atomic E-state index is 13.2. The fraction of sp³-hybridized carbons (Fsp3) is 0.391. The summed E-state index contributed by atoms with van der Waals surface area (Å²) in [5, 5.41) is 6.88. The number of carbonyl (C=O) groups is 2. The SMILES string of the molecule is CCC(C(=O)N1CCCC1C(=O)NCc1ccc(-c2cnco2)cc1)c1cc(C)no1. The first-order valence-electron chi connectivity index (χ1n) is 10.6. The highest BCUT2D eigenvalue weighted by molar-refractivity contribution is 5.90. The van der Waals surface area contributed by atoms with Crippen molar-refractivity contribution in [2.75, 3.05) is 6.54 Å². The topological polar surface area (TPSA) is 101 Å². The van der Waals surface area contributed by atoms with Crippen LogP contribution in [0.5, 0.6) is 0 Å². The highest BCUT2D eigenvalue weighted by atomic mass is 16.5. The fourth-order valence-corrected chi connectivity index (χ4v) is 4.00. The molecule has 31 heavy (non-hydrogen) atoms. The van der Waals surface area contributed by atoms with Gasteiger partial charge in [-0.2, -0.15) is 0 Å². The van der Waals surface area contributed by atoms with Crippen molar-refractivity contribution in [1.82, 2.24) is 20.4 Å². The third-order valence-corrected chi connectivity index (χ3v) is 5.67. The molecule has 8 nitrogen and oxygen atoms in total. The maximum absolute atomic E-state index is 13.2. The Kier molecular flexibility index (Phi) is 6.16. The molecule has 0 aliphatic carbocycles. The first kappa shape index (κ1) is 20.8. The van der Waals surface area contributed by atoms with E-state index in [0.717, 1.165) is 23.2 Å². The van der Waals surface area contributed by atoms with Crippen molar-refractivity contribution in [3.8, 4) is 11.3 Å². The van der Waals surface area contributed by atoms with Gasteiger partial charge in [-0.3, -0.25) is 9.59 Å². The highest BCUT2D eigenvalue weighted by Crippen LogP contribution is 2.28. The molecule has 1 aliphatic rings. The molecule has 1 fully saturated rings. The molecule has 2 aromatic heterocycles. The van der Waals surface area contributed by atoms with E-state index in [-0.39, 0.29) is 11.8 Å². The lowest BCUT2D eigenvalue weighted by Crippen LogP contribution is -2.47. The smallest absolute Gasteiger partial charge is 0.243 e. The van der Waals surface area contributed by atoms with Crippen LogP contribution in [0.4, 0.5) is 0 Å². The minimum atomic E-state index is -0.459. The number of amides is 2. The Labute approximate surface area is 180 Å². The zero-order chi connectivity index (χ0) is 21.8. The number of nitrogens with one attached hydrogen (secondary N) is 1. The van der Waals surface area contributed by atoms with Crippen LogP contribution < -0.4 is 5.32 Å². The summed E-state index contributed by atoms with van der Waals surface area (Å²) in [6.07, 6.45) is 5.11. The van der Waals surface area contributed by atoms with Gasteiger partial charge in [0.25, 0.3) is 0 Å². The number of likely N-dealkylation sites (tertiary alicyclic amines) is 1. The number of hydrogen-bond donors (Lipinski definition) is 1. The molecule has 162 valence electrons. The Morgan fingerprint density at radius 1 is 1.29 bits per heavy atom. The number of benzene rings is 1. The van der Waals surface area contributed by atoms with Gasteiger partial charge in [0.1, 0.15) is 11.8 Å². The summed E-state index contributed by atoms with van der Waals surface area (Å²) in [6, 6.07) is 9.07. The Hall–Kier alpha value is -3.42. The molecular formula is C23H26N4O4. The van der Waals surface area contributed by atoms with Gasteiger partial charge in [0.05, 0.1) is 17.8 Å². The second kappa shape index (κ2) is 9.16. The normalized spacial score (nSPS) is 17.0. The van der Waals surface area contributed by atoms with Gasteiger partial charge in [0.2, 0.25) is 11.8 Å². The third-order valence-electron chi connectivity index (χ3n) is 5.67. The summed E-state index contributed by atoms with van der Waals surface area (Å²) < 4.78 is 10.6. The molecule has 0 radical (unpaired) electrons. The Morgan fingerprint density at radius 2 is 2.10 bits per heavy atom. The van der Waals surface area contributed by atoms with Gasteiger partial charge in [-0.05, 0) is 31.7 Å². The van der Waals surface area contributed by atoms with Gasteiger partial charge in [0.15, 0.2) is 12.2 Å². The lowest BCUT2D eigenvalue weighted by atomic mass is 10.0. The molecule has 8 heteroatoms. The predicted octanol–water partition coefficient (Wildman–Crippen LogP) is 3.44. The Bertz CT molecular complexity index is 1030. The van der Waals surface area contributed by atoms with Gasteiger partial charge in [-0.1, -0.05) is 36.3 Å². The standard InChI is InChI=1S/C23H26N4O4/c1-3-18(20-11-15(2)26-31-20)23(29)27-10-4-5-19(27)22(28)25-12-16-6-8-17(9-7-16)21-13-24-14-30-21/h6-9,11,13-14,18-19H,3-5,10,12H2,1-2H3,(H,25,28). The molecular weight excluding hydrogens is 396 g/mol. The van der Waals surface area contributed by atoms with E-state index in [0.29, 0.717) is 37.5 Å². The van der Waals surface area contributed by atoms with E-state index in [4.69, 9.17) is 8.94 Å². The number of nitrogens with zero attached hydrogens (tertiary/aromatic N) is 3. The number of aromatic nitrogens is 2. The van der Waals surface area contributed by atoms with Gasteiger partial charge < -0.3 is 19.2 Å². The summed E-state index contributed by atoms with van der Waals surface area (Å²) in [5.74, 6) is 0.630. The van der Waals surface area contributed by atoms with Crippen molar-refractivity contribution in [2.45, 2.75) is 51.6 Å². The molecule has 2 amide bonds. The summed E-state index contributed by atoms with van der Waals surface area (Å²) in [6.45, 7) is 4.74. The second-order valence-electron chi connectivity index (χ2n) is 7.80. The molecule has 4 rings (SSSR count). The fourth-order valence-electron chi connectivity index (χ4n) is 4.00. The lowest BCUT2D eigenvalue weighted by molar-refractivity contribution is -0.140. The van der Waals surface area contributed by atoms with Crippen LogP contribution in [0.1, 0.15) is 49.1 Å². The molecule has 1 N–H and O–H groups in total. The van der Waals surface area contributed by atoms with Crippen molar-refractivity contribution in [1.29, 1.82) is 0 Å². The van der Waals surface area contributed by atoms with Crippen LogP contribution in [0, 0.1) is 6.92 Å². The Morgan fingerprint density at radius 3 is 2.74 bits per heavy atom. The molecule has 3 heterocycles. The average Bonchev–Trinajstić information content (AvgIpc) is 3.55. The summed E-state index contributed by atoms with van der Waals surface area (Å²) >= 11 is 0. The predicted molar refractivity (Wildman–Crippen MR) is 113 cm³/mol. The number of carbonyl (C=O) groups excluding carboxylic acids is 2. The quantitative estimate of drug-likeness (QED) is 0.626. The van der Waals surface area contributed by atoms with Crippen LogP contribution in [0.3, 0.4) is 0 Å². The van der Waals surface area contributed by atoms with Crippen LogP contribution in [0.25, 0.3) is 11.3 Å². The molecule has 0 saturated carbocycles. The van der Waals surface area contributed by atoms with E-state index in [1.54, 1.807) is 17.2 Å². The average molecular weight is 422 g/mol. The van der Waals surface area contributed by atoms with Crippen LogP contribution >= 0.6 is 0 Å². The van der Waals surface area contributed by atoms with Gasteiger partial charge in [0, 0.05) is 24.7 Å². The van der Waals surface area contributed by atoms with Crippen LogP contribution in [0.15, 0.2) is 51.9 Å². The summed E-state index contributed by atoms with van der Waals surface area (Å²) in [5.41, 5.74) is 2.63. The zero-order valence-electron chi connectivity index (χ0n) is 17.7. The number of aryl methyl sites for hydroxylation is 1. The summed E-state index contributed by atoms with van der Waals surface area (Å²) in [7, 11) is 0. The molecule has 0 bridgehead atoms. The molecule has 2 atom stereocenters. The minimum Gasteiger partial charge on any atom is -0.444 e. The molecule has 3 aromatic rings. The van der Waals surface area contributed by atoms with Crippen molar-refractivity contribution in [2.24, 2.45) is 0 Å². The van der Waals surface area contributed by atoms with Crippen LogP contribution in [0.2, 0.25) is 0 Å². The largest absolute Gasteiger partial charge is 0.444 e. The molecule has 1 aliphatic heterocycles. The first-order chi connectivity index (χ1) is 15.1. The third kappa shape index (κ3) is 4.52. The van der Waals surface area contributed by atoms with E-state index < -0.39 is 12.0 Å². The highest BCUT2D eigenvalue weighted by Gasteiger charge is 2.38. The van der Waals surface area contributed by atoms with E-state index in [9.17, 15) is 9.59 Å². The van der Waals surface area contributed by atoms with E-state index in [2.05, 4.69) is 15.5 Å².